The molecule has 1 aromatic carbocycles. The van der Waals surface area contributed by atoms with Crippen LogP contribution in [0.3, 0.4) is 0 Å². The lowest BCUT2D eigenvalue weighted by Gasteiger charge is -2.11. The summed E-state index contributed by atoms with van der Waals surface area (Å²) in [4.78, 5) is 11.3. The van der Waals surface area contributed by atoms with Gasteiger partial charge in [-0.3, -0.25) is 4.79 Å². The van der Waals surface area contributed by atoms with Crippen LogP contribution in [0.25, 0.3) is 0 Å². The van der Waals surface area contributed by atoms with E-state index in [0.29, 0.717) is 0 Å². The van der Waals surface area contributed by atoms with Crippen LogP contribution in [0.15, 0.2) is 23.1 Å². The highest BCUT2D eigenvalue weighted by atomic mass is 35.5. The van der Waals surface area contributed by atoms with Crippen molar-refractivity contribution in [2.75, 3.05) is 12.4 Å². The van der Waals surface area contributed by atoms with Crippen molar-refractivity contribution in [3.8, 4) is 0 Å². The Morgan fingerprint density at radius 3 is 2.63 bits per heavy atom. The van der Waals surface area contributed by atoms with Crippen LogP contribution in [0, 0.1) is 11.7 Å². The third-order valence-electron chi connectivity index (χ3n) is 2.41. The molecule has 0 saturated heterocycles. The molecule has 19 heavy (non-hydrogen) atoms. The number of ether oxygens (including phenoxy) is 1. The number of rotatable bonds is 5. The molecule has 0 aliphatic heterocycles. The van der Waals surface area contributed by atoms with E-state index in [1.807, 2.05) is 0 Å². The van der Waals surface area contributed by atoms with E-state index in [-0.39, 0.29) is 16.5 Å². The summed E-state index contributed by atoms with van der Waals surface area (Å²) in [6.07, 6.45) is 0. The van der Waals surface area contributed by atoms with Crippen LogP contribution in [-0.4, -0.2) is 26.7 Å². The Hall–Kier alpha value is -1.14. The van der Waals surface area contributed by atoms with E-state index in [1.54, 1.807) is 6.92 Å². The lowest BCUT2D eigenvalue weighted by atomic mass is 10.2. The standard InChI is InChI=1S/C12H14ClFO4S/c1-3-18-12(15)8(2)7-19(16,17)9-4-5-11(14)10(13)6-9/h4-6,8H,3,7H2,1-2H3. The van der Waals surface area contributed by atoms with Crippen molar-refractivity contribution in [3.63, 3.8) is 0 Å². The zero-order valence-electron chi connectivity index (χ0n) is 10.5. The van der Waals surface area contributed by atoms with E-state index in [4.69, 9.17) is 16.3 Å². The fourth-order valence-corrected chi connectivity index (χ4v) is 3.25. The Morgan fingerprint density at radius 1 is 1.47 bits per heavy atom. The van der Waals surface area contributed by atoms with Crippen LogP contribution in [0.1, 0.15) is 13.8 Å². The first-order valence-electron chi connectivity index (χ1n) is 5.62. The van der Waals surface area contributed by atoms with Gasteiger partial charge in [-0.2, -0.15) is 0 Å². The number of halogens is 2. The second-order valence-corrected chi connectivity index (χ2v) is 6.45. The molecule has 0 spiro atoms. The highest BCUT2D eigenvalue weighted by Gasteiger charge is 2.24. The van der Waals surface area contributed by atoms with Gasteiger partial charge in [-0.25, -0.2) is 12.8 Å². The second-order valence-electron chi connectivity index (χ2n) is 4.01. The minimum Gasteiger partial charge on any atom is -0.466 e. The van der Waals surface area contributed by atoms with Gasteiger partial charge in [0.25, 0.3) is 0 Å². The van der Waals surface area contributed by atoms with Gasteiger partial charge in [-0.05, 0) is 25.1 Å². The quantitative estimate of drug-likeness (QED) is 0.619. The van der Waals surface area contributed by atoms with Crippen molar-refractivity contribution >= 4 is 27.4 Å². The topological polar surface area (TPSA) is 60.4 Å². The van der Waals surface area contributed by atoms with E-state index in [2.05, 4.69) is 0 Å². The summed E-state index contributed by atoms with van der Waals surface area (Å²) in [5, 5.41) is -0.273. The average molecular weight is 309 g/mol. The molecule has 0 radical (unpaired) electrons. The molecule has 0 saturated carbocycles. The molecular formula is C12H14ClFO4S. The zero-order valence-corrected chi connectivity index (χ0v) is 12.1. The second kappa shape index (κ2) is 6.34. The van der Waals surface area contributed by atoms with Gasteiger partial charge >= 0.3 is 5.97 Å². The molecule has 0 aliphatic rings. The predicted molar refractivity (Wildman–Crippen MR) is 69.3 cm³/mol. The summed E-state index contributed by atoms with van der Waals surface area (Å²) in [5.74, 6) is -2.49. The number of hydrogen-bond donors (Lipinski definition) is 0. The number of benzene rings is 1. The number of hydrogen-bond acceptors (Lipinski definition) is 4. The SMILES string of the molecule is CCOC(=O)C(C)CS(=O)(=O)c1ccc(F)c(Cl)c1. The van der Waals surface area contributed by atoms with Gasteiger partial charge in [0.2, 0.25) is 0 Å². The van der Waals surface area contributed by atoms with E-state index in [9.17, 15) is 17.6 Å². The third-order valence-corrected chi connectivity index (χ3v) is 4.61. The number of sulfone groups is 1. The van der Waals surface area contributed by atoms with E-state index in [0.717, 1.165) is 18.2 Å². The number of carbonyl (C=O) groups is 1. The molecule has 0 aromatic heterocycles. The van der Waals surface area contributed by atoms with Crippen molar-refractivity contribution in [1.29, 1.82) is 0 Å². The van der Waals surface area contributed by atoms with Crippen molar-refractivity contribution in [3.05, 3.63) is 29.0 Å². The summed E-state index contributed by atoms with van der Waals surface area (Å²) in [5.41, 5.74) is 0. The summed E-state index contributed by atoms with van der Waals surface area (Å²) in [7, 11) is -3.71. The minimum atomic E-state index is -3.71. The van der Waals surface area contributed by atoms with Gasteiger partial charge in [0.15, 0.2) is 9.84 Å². The molecule has 0 fully saturated rings. The molecule has 106 valence electrons. The molecule has 1 rings (SSSR count). The number of carbonyl (C=O) groups excluding carboxylic acids is 1. The maximum absolute atomic E-state index is 13.0. The largest absolute Gasteiger partial charge is 0.466 e. The maximum Gasteiger partial charge on any atom is 0.309 e. The predicted octanol–water partition coefficient (Wildman–Crippen LogP) is 2.45. The Balaban J connectivity index is 2.92. The molecule has 0 N–H and O–H groups in total. The van der Waals surface area contributed by atoms with Gasteiger partial charge < -0.3 is 4.74 Å². The van der Waals surface area contributed by atoms with Crippen LogP contribution in [0.5, 0.6) is 0 Å². The van der Waals surface area contributed by atoms with Crippen LogP contribution >= 0.6 is 11.6 Å². The normalized spacial score (nSPS) is 13.1. The smallest absolute Gasteiger partial charge is 0.309 e. The van der Waals surface area contributed by atoms with Crippen LogP contribution < -0.4 is 0 Å². The molecule has 1 aromatic rings. The minimum absolute atomic E-state index is 0.116. The summed E-state index contributed by atoms with van der Waals surface area (Å²) < 4.78 is 41.8. The molecular weight excluding hydrogens is 295 g/mol. The van der Waals surface area contributed by atoms with Crippen LogP contribution in [-0.2, 0) is 19.4 Å². The van der Waals surface area contributed by atoms with Gasteiger partial charge in [-0.1, -0.05) is 18.5 Å². The molecule has 1 atom stereocenters. The highest BCUT2D eigenvalue weighted by molar-refractivity contribution is 7.91. The van der Waals surface area contributed by atoms with Crippen molar-refractivity contribution < 1.29 is 22.3 Å². The first-order chi connectivity index (χ1) is 8.77. The van der Waals surface area contributed by atoms with E-state index >= 15 is 0 Å². The first kappa shape index (κ1) is 15.9. The van der Waals surface area contributed by atoms with Gasteiger partial charge in [0.1, 0.15) is 5.82 Å². The highest BCUT2D eigenvalue weighted by Crippen LogP contribution is 2.21. The van der Waals surface area contributed by atoms with Gasteiger partial charge in [0, 0.05) is 0 Å². The average Bonchev–Trinajstić information content (AvgIpc) is 2.32. The maximum atomic E-state index is 13.0. The Labute approximate surface area is 116 Å². The molecule has 0 heterocycles. The molecule has 4 nitrogen and oxygen atoms in total. The zero-order chi connectivity index (χ0) is 14.6. The van der Waals surface area contributed by atoms with Gasteiger partial charge in [0.05, 0.1) is 28.2 Å². The van der Waals surface area contributed by atoms with Crippen LogP contribution in [0.2, 0.25) is 5.02 Å². The molecule has 0 aliphatic carbocycles. The lowest BCUT2D eigenvalue weighted by Crippen LogP contribution is -2.23. The monoisotopic (exact) mass is 308 g/mol. The van der Waals surface area contributed by atoms with E-state index in [1.165, 1.54) is 6.92 Å². The van der Waals surface area contributed by atoms with E-state index < -0.39 is 33.3 Å². The Bertz CT molecular complexity index is 571. The Kier molecular flexibility index (Phi) is 5.31. The van der Waals surface area contributed by atoms with Crippen molar-refractivity contribution in [2.45, 2.75) is 18.7 Å². The summed E-state index contributed by atoms with van der Waals surface area (Å²) in [6, 6.07) is 3.13. The fourth-order valence-electron chi connectivity index (χ4n) is 1.45. The number of esters is 1. The Morgan fingerprint density at radius 2 is 2.11 bits per heavy atom. The fraction of sp³-hybridized carbons (Fsp3) is 0.417. The molecule has 1 unspecified atom stereocenters. The molecule has 7 heteroatoms. The summed E-state index contributed by atoms with van der Waals surface area (Å²) >= 11 is 5.54. The van der Waals surface area contributed by atoms with Crippen LogP contribution in [0.4, 0.5) is 4.39 Å². The molecule has 0 amide bonds. The van der Waals surface area contributed by atoms with Crippen molar-refractivity contribution in [2.24, 2.45) is 5.92 Å². The van der Waals surface area contributed by atoms with Crippen molar-refractivity contribution in [1.82, 2.24) is 0 Å². The van der Waals surface area contributed by atoms with Gasteiger partial charge in [-0.15, -0.1) is 0 Å². The third kappa shape index (κ3) is 4.18. The first-order valence-corrected chi connectivity index (χ1v) is 7.65. The summed E-state index contributed by atoms with van der Waals surface area (Å²) in [6.45, 7) is 3.28. The lowest BCUT2D eigenvalue weighted by molar-refractivity contribution is -0.146. The molecule has 0 bridgehead atoms.